The van der Waals surface area contributed by atoms with E-state index in [4.69, 9.17) is 16.3 Å². The molecule has 2 aromatic heterocycles. The van der Waals surface area contributed by atoms with Gasteiger partial charge in [0, 0.05) is 11.6 Å². The summed E-state index contributed by atoms with van der Waals surface area (Å²) in [6, 6.07) is 9.71. The molecule has 0 amide bonds. The predicted octanol–water partition coefficient (Wildman–Crippen LogP) is 2.50. The van der Waals surface area contributed by atoms with Crippen molar-refractivity contribution in [2.75, 3.05) is 7.11 Å². The lowest BCUT2D eigenvalue weighted by molar-refractivity contribution is 0.401. The van der Waals surface area contributed by atoms with Crippen LogP contribution < -0.4 is 10.3 Å². The van der Waals surface area contributed by atoms with Gasteiger partial charge >= 0.3 is 0 Å². The highest BCUT2D eigenvalue weighted by Gasteiger charge is 2.11. The molecule has 0 spiro atoms. The lowest BCUT2D eigenvalue weighted by Crippen LogP contribution is -2.22. The summed E-state index contributed by atoms with van der Waals surface area (Å²) in [5.41, 5.74) is 1.48. The van der Waals surface area contributed by atoms with E-state index in [2.05, 4.69) is 9.97 Å². The summed E-state index contributed by atoms with van der Waals surface area (Å²) in [6.07, 6.45) is 3.14. The molecule has 0 aliphatic carbocycles. The number of nitrogens with zero attached hydrogens (tertiary/aromatic N) is 3. The van der Waals surface area contributed by atoms with Crippen molar-refractivity contribution in [2.45, 2.75) is 6.54 Å². The molecule has 0 unspecified atom stereocenters. The van der Waals surface area contributed by atoms with Crippen molar-refractivity contribution in [2.24, 2.45) is 0 Å². The zero-order valence-corrected chi connectivity index (χ0v) is 12.0. The minimum atomic E-state index is -0.314. The van der Waals surface area contributed by atoms with Gasteiger partial charge in [0.1, 0.15) is 0 Å². The number of para-hydroxylation sites is 1. The molecule has 0 aliphatic rings. The van der Waals surface area contributed by atoms with Crippen LogP contribution in [-0.4, -0.2) is 21.6 Å². The van der Waals surface area contributed by atoms with Crippen LogP contribution in [0.1, 0.15) is 5.56 Å². The molecule has 21 heavy (non-hydrogen) atoms. The van der Waals surface area contributed by atoms with Crippen LogP contribution in [0.15, 0.2) is 47.7 Å². The van der Waals surface area contributed by atoms with Crippen molar-refractivity contribution in [1.82, 2.24) is 14.5 Å². The van der Waals surface area contributed by atoms with Crippen molar-refractivity contribution in [3.05, 3.63) is 63.9 Å². The SMILES string of the molecule is COc1c(Cl)ncn(Cc2cccc3cccnc23)c1=O. The first-order valence-corrected chi connectivity index (χ1v) is 6.70. The van der Waals surface area contributed by atoms with E-state index in [0.717, 1.165) is 16.5 Å². The number of halogens is 1. The van der Waals surface area contributed by atoms with Crippen LogP contribution in [0.25, 0.3) is 10.9 Å². The van der Waals surface area contributed by atoms with Crippen LogP contribution >= 0.6 is 11.6 Å². The average molecular weight is 302 g/mol. The molecule has 0 radical (unpaired) electrons. The number of aromatic nitrogens is 3. The van der Waals surface area contributed by atoms with Crippen LogP contribution in [0, 0.1) is 0 Å². The van der Waals surface area contributed by atoms with Crippen LogP contribution in [0.2, 0.25) is 5.15 Å². The number of pyridine rings is 1. The number of methoxy groups -OCH3 is 1. The van der Waals surface area contributed by atoms with Gasteiger partial charge in [-0.05, 0) is 11.6 Å². The fraction of sp³-hybridized carbons (Fsp3) is 0.133. The standard InChI is InChI=1S/C15H12ClN3O2/c1-21-13-14(16)18-9-19(15(13)20)8-11-5-2-4-10-6-3-7-17-12(10)11/h2-7,9H,8H2,1H3. The molecule has 0 saturated heterocycles. The molecule has 3 rings (SSSR count). The molecule has 0 fully saturated rings. The minimum absolute atomic E-state index is 0.0485. The summed E-state index contributed by atoms with van der Waals surface area (Å²) in [5, 5.41) is 1.09. The van der Waals surface area contributed by atoms with Crippen molar-refractivity contribution in [3.63, 3.8) is 0 Å². The second kappa shape index (κ2) is 5.54. The fourth-order valence-corrected chi connectivity index (χ4v) is 2.41. The first kappa shape index (κ1) is 13.6. The number of ether oxygens (including phenoxy) is 1. The largest absolute Gasteiger partial charge is 0.489 e. The van der Waals surface area contributed by atoms with Gasteiger partial charge in [-0.1, -0.05) is 35.9 Å². The van der Waals surface area contributed by atoms with Crippen molar-refractivity contribution >= 4 is 22.5 Å². The Morgan fingerprint density at radius 2 is 2.05 bits per heavy atom. The highest BCUT2D eigenvalue weighted by Crippen LogP contribution is 2.18. The summed E-state index contributed by atoms with van der Waals surface area (Å²) in [7, 11) is 1.40. The Bertz CT molecular complexity index is 856. The molecule has 0 atom stereocenters. The fourth-order valence-electron chi connectivity index (χ4n) is 2.21. The van der Waals surface area contributed by atoms with Crippen LogP contribution in [0.5, 0.6) is 5.75 Å². The molecule has 6 heteroatoms. The highest BCUT2D eigenvalue weighted by atomic mass is 35.5. The van der Waals surface area contributed by atoms with E-state index in [1.165, 1.54) is 18.0 Å². The monoisotopic (exact) mass is 301 g/mol. The van der Waals surface area contributed by atoms with Gasteiger partial charge in [0.15, 0.2) is 5.15 Å². The maximum Gasteiger partial charge on any atom is 0.297 e. The molecule has 0 saturated carbocycles. The third-order valence-corrected chi connectivity index (χ3v) is 3.48. The summed E-state index contributed by atoms with van der Waals surface area (Å²) < 4.78 is 6.45. The Balaban J connectivity index is 2.09. The average Bonchev–Trinajstić information content (AvgIpc) is 2.51. The van der Waals surface area contributed by atoms with Gasteiger partial charge in [-0.25, -0.2) is 4.98 Å². The van der Waals surface area contributed by atoms with E-state index in [1.54, 1.807) is 6.20 Å². The summed E-state index contributed by atoms with van der Waals surface area (Å²) in [6.45, 7) is 0.355. The summed E-state index contributed by atoms with van der Waals surface area (Å²) in [4.78, 5) is 20.6. The highest BCUT2D eigenvalue weighted by molar-refractivity contribution is 6.30. The van der Waals surface area contributed by atoms with E-state index in [9.17, 15) is 4.79 Å². The summed E-state index contributed by atoms with van der Waals surface area (Å²) >= 11 is 5.84. The third kappa shape index (κ3) is 2.48. The van der Waals surface area contributed by atoms with Gasteiger partial charge in [0.2, 0.25) is 5.75 Å². The minimum Gasteiger partial charge on any atom is -0.489 e. The van der Waals surface area contributed by atoms with E-state index in [0.29, 0.717) is 6.54 Å². The Hall–Kier alpha value is -2.40. The molecule has 3 aromatic rings. The Morgan fingerprint density at radius 1 is 1.24 bits per heavy atom. The molecular weight excluding hydrogens is 290 g/mol. The van der Waals surface area contributed by atoms with E-state index >= 15 is 0 Å². The first-order chi connectivity index (χ1) is 10.2. The molecular formula is C15H12ClN3O2. The molecule has 0 aliphatic heterocycles. The van der Waals surface area contributed by atoms with E-state index < -0.39 is 0 Å². The Kier molecular flexibility index (Phi) is 3.58. The second-order valence-corrected chi connectivity index (χ2v) is 4.85. The topological polar surface area (TPSA) is 57.0 Å². The third-order valence-electron chi connectivity index (χ3n) is 3.21. The van der Waals surface area contributed by atoms with Crippen molar-refractivity contribution in [1.29, 1.82) is 0 Å². The lowest BCUT2D eigenvalue weighted by Gasteiger charge is -2.09. The zero-order valence-electron chi connectivity index (χ0n) is 11.3. The maximum atomic E-state index is 12.3. The number of benzene rings is 1. The van der Waals surface area contributed by atoms with Gasteiger partial charge in [-0.2, -0.15) is 0 Å². The van der Waals surface area contributed by atoms with Crippen LogP contribution in [0.3, 0.4) is 0 Å². The zero-order chi connectivity index (χ0) is 14.8. The predicted molar refractivity (Wildman–Crippen MR) is 80.9 cm³/mol. The van der Waals surface area contributed by atoms with Gasteiger partial charge in [-0.15, -0.1) is 0 Å². The van der Waals surface area contributed by atoms with Crippen LogP contribution in [0.4, 0.5) is 0 Å². The molecule has 2 heterocycles. The van der Waals surface area contributed by atoms with Gasteiger partial charge < -0.3 is 4.74 Å². The molecule has 0 N–H and O–H groups in total. The van der Waals surface area contributed by atoms with Gasteiger partial charge in [-0.3, -0.25) is 14.3 Å². The van der Waals surface area contributed by atoms with Crippen molar-refractivity contribution in [3.8, 4) is 5.75 Å². The number of hydrogen-bond donors (Lipinski definition) is 0. The molecule has 106 valence electrons. The molecule has 5 nitrogen and oxygen atoms in total. The Morgan fingerprint density at radius 3 is 2.86 bits per heavy atom. The molecule has 0 bridgehead atoms. The second-order valence-electron chi connectivity index (χ2n) is 4.49. The lowest BCUT2D eigenvalue weighted by atomic mass is 10.1. The van der Waals surface area contributed by atoms with Gasteiger partial charge in [0.25, 0.3) is 5.56 Å². The van der Waals surface area contributed by atoms with Crippen molar-refractivity contribution < 1.29 is 4.74 Å². The maximum absolute atomic E-state index is 12.3. The smallest absolute Gasteiger partial charge is 0.297 e. The van der Waals surface area contributed by atoms with Gasteiger partial charge in [0.05, 0.1) is 25.5 Å². The quantitative estimate of drug-likeness (QED) is 0.698. The van der Waals surface area contributed by atoms with E-state index in [-0.39, 0.29) is 16.5 Å². The normalized spacial score (nSPS) is 10.8. The van der Waals surface area contributed by atoms with E-state index in [1.807, 2.05) is 30.3 Å². The number of fused-ring (bicyclic) bond motifs is 1. The van der Waals surface area contributed by atoms with Crippen LogP contribution in [-0.2, 0) is 6.54 Å². The molecule has 1 aromatic carbocycles. The first-order valence-electron chi connectivity index (χ1n) is 6.32. The Labute approximate surface area is 125 Å². The summed E-state index contributed by atoms with van der Waals surface area (Å²) in [5.74, 6) is 0.0485. The number of hydrogen-bond acceptors (Lipinski definition) is 4. The number of rotatable bonds is 3.